The molecule has 0 spiro atoms. The van der Waals surface area contributed by atoms with Crippen LogP contribution in [0, 0.1) is 0 Å². The van der Waals surface area contributed by atoms with E-state index in [9.17, 15) is 9.90 Å². The first-order chi connectivity index (χ1) is 12.1. The number of carbonyl (C=O) groups is 1. The zero-order valence-electron chi connectivity index (χ0n) is 14.4. The van der Waals surface area contributed by atoms with Crippen LogP contribution in [0.2, 0.25) is 0 Å². The van der Waals surface area contributed by atoms with E-state index in [2.05, 4.69) is 32.6 Å². The fourth-order valence-electron chi connectivity index (χ4n) is 3.32. The van der Waals surface area contributed by atoms with Crippen LogP contribution in [0.3, 0.4) is 0 Å². The molecule has 0 bridgehead atoms. The Kier molecular flexibility index (Phi) is 5.75. The molecular formula is C18H24N4O2S. The minimum Gasteiger partial charge on any atom is -0.380 e. The largest absolute Gasteiger partial charge is 0.380 e. The molecule has 7 heteroatoms. The number of hydrogen-bond acceptors (Lipinski definition) is 5. The van der Waals surface area contributed by atoms with Crippen LogP contribution in [-0.4, -0.2) is 38.1 Å². The Morgan fingerprint density at radius 2 is 2.08 bits per heavy atom. The van der Waals surface area contributed by atoms with Crippen molar-refractivity contribution in [3.8, 4) is 0 Å². The highest BCUT2D eigenvalue weighted by atomic mass is 32.2. The molecule has 1 aliphatic rings. The number of thioether (sulfide) groups is 1. The molecule has 6 nitrogen and oxygen atoms in total. The predicted molar refractivity (Wildman–Crippen MR) is 98.0 cm³/mol. The van der Waals surface area contributed by atoms with Crippen LogP contribution in [0.25, 0.3) is 0 Å². The van der Waals surface area contributed by atoms with Crippen LogP contribution in [-0.2, 0) is 17.1 Å². The number of benzene rings is 1. The SMILES string of the molecule is CSCc1n[nH]c(CNC(=O)C2(O)CCC(c3ccccc3)CC2)n1. The predicted octanol–water partition coefficient (Wildman–Crippen LogP) is 2.37. The van der Waals surface area contributed by atoms with Crippen LogP contribution in [0.15, 0.2) is 30.3 Å². The van der Waals surface area contributed by atoms with E-state index in [0.717, 1.165) is 24.4 Å². The van der Waals surface area contributed by atoms with Crippen molar-refractivity contribution >= 4 is 17.7 Å². The van der Waals surface area contributed by atoms with Gasteiger partial charge in [-0.3, -0.25) is 9.89 Å². The number of nitrogens with one attached hydrogen (secondary N) is 2. The van der Waals surface area contributed by atoms with Gasteiger partial charge in [-0.2, -0.15) is 16.9 Å². The summed E-state index contributed by atoms with van der Waals surface area (Å²) < 4.78 is 0. The Hall–Kier alpha value is -1.86. The van der Waals surface area contributed by atoms with Crippen LogP contribution >= 0.6 is 11.8 Å². The van der Waals surface area contributed by atoms with Crippen LogP contribution in [0.4, 0.5) is 0 Å². The maximum Gasteiger partial charge on any atom is 0.252 e. The second-order valence-electron chi connectivity index (χ2n) is 6.53. The Morgan fingerprint density at radius 3 is 2.76 bits per heavy atom. The van der Waals surface area contributed by atoms with Gasteiger partial charge in [-0.05, 0) is 43.4 Å². The summed E-state index contributed by atoms with van der Waals surface area (Å²) in [5.74, 6) is 2.16. The molecule has 0 unspecified atom stereocenters. The number of aromatic amines is 1. The van der Waals surface area contributed by atoms with Gasteiger partial charge < -0.3 is 10.4 Å². The molecule has 1 aromatic carbocycles. The highest BCUT2D eigenvalue weighted by Gasteiger charge is 2.40. The third-order valence-corrected chi connectivity index (χ3v) is 5.32. The quantitative estimate of drug-likeness (QED) is 0.736. The summed E-state index contributed by atoms with van der Waals surface area (Å²) in [6.45, 7) is 0.255. The molecule has 3 rings (SSSR count). The van der Waals surface area contributed by atoms with Gasteiger partial charge >= 0.3 is 0 Å². The minimum absolute atomic E-state index is 0.255. The van der Waals surface area contributed by atoms with E-state index >= 15 is 0 Å². The van der Waals surface area contributed by atoms with E-state index in [1.54, 1.807) is 11.8 Å². The van der Waals surface area contributed by atoms with Crippen molar-refractivity contribution in [2.24, 2.45) is 0 Å². The van der Waals surface area contributed by atoms with Crippen molar-refractivity contribution in [1.29, 1.82) is 0 Å². The van der Waals surface area contributed by atoms with Gasteiger partial charge in [0.2, 0.25) is 0 Å². The second kappa shape index (κ2) is 8.01. The number of H-pyrrole nitrogens is 1. The molecule has 0 atom stereocenters. The second-order valence-corrected chi connectivity index (χ2v) is 7.40. The lowest BCUT2D eigenvalue weighted by Gasteiger charge is -2.34. The summed E-state index contributed by atoms with van der Waals surface area (Å²) in [4.78, 5) is 16.7. The number of rotatable bonds is 6. The maximum absolute atomic E-state index is 12.4. The molecule has 134 valence electrons. The molecule has 1 aliphatic carbocycles. The Bertz CT molecular complexity index is 696. The standard InChI is InChI=1S/C18H24N4O2S/c1-25-12-16-20-15(21-22-16)11-19-17(23)18(24)9-7-14(8-10-18)13-5-3-2-4-6-13/h2-6,14,24H,7-12H2,1H3,(H,19,23)(H,20,21,22). The third-order valence-electron chi connectivity index (χ3n) is 4.77. The first-order valence-corrected chi connectivity index (χ1v) is 9.95. The molecule has 1 heterocycles. The molecule has 25 heavy (non-hydrogen) atoms. The Balaban J connectivity index is 1.52. The van der Waals surface area contributed by atoms with Crippen LogP contribution < -0.4 is 5.32 Å². The highest BCUT2D eigenvalue weighted by Crippen LogP contribution is 2.38. The number of hydrogen-bond donors (Lipinski definition) is 3. The first kappa shape index (κ1) is 17.9. The lowest BCUT2D eigenvalue weighted by molar-refractivity contribution is -0.143. The van der Waals surface area contributed by atoms with E-state index in [0.29, 0.717) is 24.6 Å². The molecule has 0 aliphatic heterocycles. The lowest BCUT2D eigenvalue weighted by Crippen LogP contribution is -2.48. The number of carbonyl (C=O) groups excluding carboxylic acids is 1. The third kappa shape index (κ3) is 4.41. The molecule has 1 saturated carbocycles. The monoisotopic (exact) mass is 360 g/mol. The highest BCUT2D eigenvalue weighted by molar-refractivity contribution is 7.97. The van der Waals surface area contributed by atoms with Crippen molar-refractivity contribution in [2.45, 2.75) is 49.5 Å². The van der Waals surface area contributed by atoms with Crippen LogP contribution in [0.5, 0.6) is 0 Å². The molecule has 0 saturated heterocycles. The fourth-order valence-corrected chi connectivity index (χ4v) is 3.70. The molecule has 3 N–H and O–H groups in total. The van der Waals surface area contributed by atoms with E-state index in [-0.39, 0.29) is 12.5 Å². The van der Waals surface area contributed by atoms with Gasteiger partial charge in [-0.1, -0.05) is 30.3 Å². The summed E-state index contributed by atoms with van der Waals surface area (Å²) in [6.07, 6.45) is 4.57. The molecule has 2 aromatic rings. The van der Waals surface area contributed by atoms with E-state index in [1.807, 2.05) is 24.5 Å². The summed E-state index contributed by atoms with van der Waals surface area (Å²) in [7, 11) is 0. The Labute approximate surface area is 151 Å². The van der Waals surface area contributed by atoms with E-state index in [4.69, 9.17) is 0 Å². The minimum atomic E-state index is -1.28. The average Bonchev–Trinajstić information content (AvgIpc) is 3.09. The van der Waals surface area contributed by atoms with Crippen molar-refractivity contribution in [2.75, 3.05) is 6.26 Å². The molecular weight excluding hydrogens is 336 g/mol. The summed E-state index contributed by atoms with van der Waals surface area (Å²) in [6, 6.07) is 10.3. The fraction of sp³-hybridized carbons (Fsp3) is 0.500. The summed E-state index contributed by atoms with van der Waals surface area (Å²) in [5, 5.41) is 20.4. The first-order valence-electron chi connectivity index (χ1n) is 8.55. The molecule has 0 radical (unpaired) electrons. The van der Waals surface area contributed by atoms with Gasteiger partial charge in [-0.25, -0.2) is 4.98 Å². The van der Waals surface area contributed by atoms with Crippen molar-refractivity contribution in [3.05, 3.63) is 47.5 Å². The number of amides is 1. The smallest absolute Gasteiger partial charge is 0.252 e. The number of aliphatic hydroxyl groups is 1. The molecule has 1 aromatic heterocycles. The van der Waals surface area contributed by atoms with Gasteiger partial charge in [0.15, 0.2) is 5.82 Å². The summed E-state index contributed by atoms with van der Waals surface area (Å²) >= 11 is 1.64. The lowest BCUT2D eigenvalue weighted by atomic mass is 9.75. The zero-order valence-corrected chi connectivity index (χ0v) is 15.2. The maximum atomic E-state index is 12.4. The molecule has 1 amide bonds. The van der Waals surface area contributed by atoms with Crippen molar-refractivity contribution in [1.82, 2.24) is 20.5 Å². The number of nitrogens with zero attached hydrogens (tertiary/aromatic N) is 2. The number of aromatic nitrogens is 3. The van der Waals surface area contributed by atoms with Gasteiger partial charge in [0, 0.05) is 0 Å². The van der Waals surface area contributed by atoms with Crippen molar-refractivity contribution < 1.29 is 9.90 Å². The topological polar surface area (TPSA) is 90.9 Å². The zero-order chi connectivity index (χ0) is 17.7. The normalized spacial score (nSPS) is 23.4. The van der Waals surface area contributed by atoms with Crippen molar-refractivity contribution in [3.63, 3.8) is 0 Å². The van der Waals surface area contributed by atoms with E-state index < -0.39 is 5.60 Å². The van der Waals surface area contributed by atoms with Gasteiger partial charge in [0.05, 0.1) is 12.3 Å². The summed E-state index contributed by atoms with van der Waals surface area (Å²) in [5.41, 5.74) is 0.000808. The van der Waals surface area contributed by atoms with Gasteiger partial charge in [-0.15, -0.1) is 0 Å². The molecule has 1 fully saturated rings. The van der Waals surface area contributed by atoms with Gasteiger partial charge in [0.25, 0.3) is 5.91 Å². The van der Waals surface area contributed by atoms with Gasteiger partial charge in [0.1, 0.15) is 11.4 Å². The average molecular weight is 360 g/mol. The Morgan fingerprint density at radius 1 is 1.36 bits per heavy atom. The van der Waals surface area contributed by atoms with E-state index in [1.165, 1.54) is 5.56 Å². The van der Waals surface area contributed by atoms with Crippen LogP contribution in [0.1, 0.15) is 48.8 Å².